The normalized spacial score (nSPS) is 12.2. The number of aromatic nitrogens is 3. The first-order valence-electron chi connectivity index (χ1n) is 9.20. The molecule has 5 heteroatoms. The van der Waals surface area contributed by atoms with Gasteiger partial charge in [0.1, 0.15) is 0 Å². The van der Waals surface area contributed by atoms with Crippen molar-refractivity contribution in [2.75, 3.05) is 0 Å². The lowest BCUT2D eigenvalue weighted by molar-refractivity contribution is 0.813. The van der Waals surface area contributed by atoms with E-state index in [1.54, 1.807) is 22.5 Å². The van der Waals surface area contributed by atoms with Crippen LogP contribution in [0.25, 0.3) is 16.6 Å². The molecule has 140 valence electrons. The molecule has 0 aliphatic rings. The third-order valence-electron chi connectivity index (χ3n) is 4.65. The Morgan fingerprint density at radius 1 is 1.00 bits per heavy atom. The third kappa shape index (κ3) is 3.58. The first-order chi connectivity index (χ1) is 13.5. The number of fused-ring (bicyclic) bond motifs is 1. The van der Waals surface area contributed by atoms with Crippen LogP contribution in [0.1, 0.15) is 28.9 Å². The number of pyridine rings is 1. The number of aryl methyl sites for hydroxylation is 2. The summed E-state index contributed by atoms with van der Waals surface area (Å²) in [5, 5.41) is 1.42. The summed E-state index contributed by atoms with van der Waals surface area (Å²) in [5.74, 6) is 0. The van der Waals surface area contributed by atoms with Gasteiger partial charge in [-0.2, -0.15) is 0 Å². The summed E-state index contributed by atoms with van der Waals surface area (Å²) in [5.41, 5.74) is 4.85. The maximum atomic E-state index is 13.4. The van der Waals surface area contributed by atoms with E-state index in [0.717, 1.165) is 22.4 Å². The largest absolute Gasteiger partial charge is 0.268 e. The first-order valence-corrected chi connectivity index (χ1v) is 10.1. The molecule has 0 radical (unpaired) electrons. The predicted octanol–water partition coefficient (Wildman–Crippen LogP) is 5.25. The second-order valence-corrected chi connectivity index (χ2v) is 8.25. The zero-order valence-corrected chi connectivity index (χ0v) is 16.9. The molecule has 2 heterocycles. The fourth-order valence-corrected chi connectivity index (χ4v) is 4.38. The highest BCUT2D eigenvalue weighted by atomic mass is 32.2. The molecule has 4 nitrogen and oxygen atoms in total. The average Bonchev–Trinajstić information content (AvgIpc) is 2.68. The van der Waals surface area contributed by atoms with E-state index in [1.165, 1.54) is 0 Å². The Morgan fingerprint density at radius 3 is 2.46 bits per heavy atom. The van der Waals surface area contributed by atoms with Crippen LogP contribution in [0.15, 0.2) is 76.9 Å². The minimum absolute atomic E-state index is 0.0449. The van der Waals surface area contributed by atoms with Gasteiger partial charge in [-0.05, 0) is 67.8 Å². The van der Waals surface area contributed by atoms with Gasteiger partial charge in [0.15, 0.2) is 5.16 Å². The lowest BCUT2D eigenvalue weighted by atomic mass is 10.1. The first kappa shape index (κ1) is 18.4. The van der Waals surface area contributed by atoms with Crippen LogP contribution in [-0.4, -0.2) is 14.5 Å². The van der Waals surface area contributed by atoms with Gasteiger partial charge in [-0.15, -0.1) is 0 Å². The quantitative estimate of drug-likeness (QED) is 0.354. The van der Waals surface area contributed by atoms with Crippen molar-refractivity contribution in [3.05, 3.63) is 94.0 Å². The number of para-hydroxylation sites is 1. The van der Waals surface area contributed by atoms with E-state index in [4.69, 9.17) is 4.98 Å². The van der Waals surface area contributed by atoms with E-state index >= 15 is 0 Å². The molecule has 2 aromatic carbocycles. The van der Waals surface area contributed by atoms with Crippen molar-refractivity contribution in [1.82, 2.24) is 14.5 Å². The molecule has 28 heavy (non-hydrogen) atoms. The van der Waals surface area contributed by atoms with Gasteiger partial charge in [-0.1, -0.05) is 36.0 Å². The molecule has 0 amide bonds. The average molecular weight is 388 g/mol. The number of nitrogens with zero attached hydrogens (tertiary/aromatic N) is 3. The molecule has 0 spiro atoms. The summed E-state index contributed by atoms with van der Waals surface area (Å²) in [7, 11) is 0. The number of thioether (sulfide) groups is 1. The van der Waals surface area contributed by atoms with Crippen molar-refractivity contribution < 1.29 is 0 Å². The highest BCUT2D eigenvalue weighted by molar-refractivity contribution is 7.99. The van der Waals surface area contributed by atoms with Gasteiger partial charge in [0.25, 0.3) is 5.56 Å². The predicted molar refractivity (Wildman–Crippen MR) is 115 cm³/mol. The maximum absolute atomic E-state index is 13.4. The van der Waals surface area contributed by atoms with Gasteiger partial charge in [0.2, 0.25) is 0 Å². The monoisotopic (exact) mass is 387 g/mol. The van der Waals surface area contributed by atoms with E-state index < -0.39 is 0 Å². The van der Waals surface area contributed by atoms with Gasteiger partial charge in [-0.3, -0.25) is 14.3 Å². The van der Waals surface area contributed by atoms with Crippen LogP contribution in [0.5, 0.6) is 0 Å². The molecule has 1 atom stereocenters. The van der Waals surface area contributed by atoms with Crippen LogP contribution < -0.4 is 5.56 Å². The molecule has 0 fully saturated rings. The Balaban J connectivity index is 1.92. The summed E-state index contributed by atoms with van der Waals surface area (Å²) < 4.78 is 1.74. The third-order valence-corrected chi connectivity index (χ3v) is 5.76. The fraction of sp³-hybridized carbons (Fsp3) is 0.174. The second-order valence-electron chi connectivity index (χ2n) is 6.94. The Morgan fingerprint density at radius 2 is 1.75 bits per heavy atom. The molecule has 0 saturated carbocycles. The van der Waals surface area contributed by atoms with Crippen molar-refractivity contribution in [3.8, 4) is 5.69 Å². The van der Waals surface area contributed by atoms with E-state index in [9.17, 15) is 4.79 Å². The molecule has 0 saturated heterocycles. The summed E-state index contributed by atoms with van der Waals surface area (Å²) in [6.45, 7) is 6.19. The molecule has 2 aromatic heterocycles. The van der Waals surface area contributed by atoms with Crippen molar-refractivity contribution in [2.45, 2.75) is 31.2 Å². The van der Waals surface area contributed by atoms with Crippen molar-refractivity contribution >= 4 is 22.7 Å². The number of hydrogen-bond acceptors (Lipinski definition) is 4. The lowest BCUT2D eigenvalue weighted by Crippen LogP contribution is -2.22. The summed E-state index contributed by atoms with van der Waals surface area (Å²) in [6, 6.07) is 17.7. The number of benzene rings is 2. The Kier molecular flexibility index (Phi) is 5.01. The van der Waals surface area contributed by atoms with Gasteiger partial charge >= 0.3 is 0 Å². The molecule has 1 unspecified atom stereocenters. The molecule has 4 rings (SSSR count). The smallest absolute Gasteiger partial charge is 0.266 e. The summed E-state index contributed by atoms with van der Waals surface area (Å²) in [4.78, 5) is 22.4. The highest BCUT2D eigenvalue weighted by Gasteiger charge is 2.17. The molecule has 0 aliphatic carbocycles. The highest BCUT2D eigenvalue weighted by Crippen LogP contribution is 2.34. The number of hydrogen-bond donors (Lipinski definition) is 0. The Bertz CT molecular complexity index is 1180. The van der Waals surface area contributed by atoms with Crippen molar-refractivity contribution in [3.63, 3.8) is 0 Å². The molecule has 0 N–H and O–H groups in total. The Labute approximate surface area is 168 Å². The Hall–Kier alpha value is -2.92. The van der Waals surface area contributed by atoms with Gasteiger partial charge in [0, 0.05) is 17.6 Å². The molecule has 4 aromatic rings. The van der Waals surface area contributed by atoms with E-state index in [-0.39, 0.29) is 10.8 Å². The van der Waals surface area contributed by atoms with Crippen molar-refractivity contribution in [1.29, 1.82) is 0 Å². The molecular formula is C23H21N3OS. The molecule has 0 bridgehead atoms. The van der Waals surface area contributed by atoms with E-state index in [2.05, 4.69) is 18.0 Å². The SMILES string of the molecule is Cc1cc(C)cc(-n2c(SC(C)c3cccnc3)nc3ccccc3c2=O)c1. The molecular weight excluding hydrogens is 366 g/mol. The van der Waals surface area contributed by atoms with Crippen LogP contribution in [0, 0.1) is 13.8 Å². The summed E-state index contributed by atoms with van der Waals surface area (Å²) in [6.07, 6.45) is 3.62. The van der Waals surface area contributed by atoms with Crippen molar-refractivity contribution in [2.24, 2.45) is 0 Å². The zero-order valence-electron chi connectivity index (χ0n) is 16.1. The minimum Gasteiger partial charge on any atom is -0.268 e. The maximum Gasteiger partial charge on any atom is 0.266 e. The topological polar surface area (TPSA) is 47.8 Å². The van der Waals surface area contributed by atoms with Gasteiger partial charge < -0.3 is 0 Å². The molecule has 0 aliphatic heterocycles. The van der Waals surface area contributed by atoms with Crippen LogP contribution in [-0.2, 0) is 0 Å². The van der Waals surface area contributed by atoms with Gasteiger partial charge in [0.05, 0.1) is 16.6 Å². The van der Waals surface area contributed by atoms with E-state index in [0.29, 0.717) is 16.1 Å². The van der Waals surface area contributed by atoms with E-state index in [1.807, 2.05) is 68.6 Å². The standard InChI is InChI=1S/C23H21N3OS/c1-15-11-16(2)13-19(12-15)26-22(27)20-8-4-5-9-21(20)25-23(26)28-17(3)18-7-6-10-24-14-18/h4-14,17H,1-3H3. The number of rotatable bonds is 4. The lowest BCUT2D eigenvalue weighted by Gasteiger charge is -2.17. The zero-order chi connectivity index (χ0) is 19.7. The van der Waals surface area contributed by atoms with Crippen LogP contribution >= 0.6 is 11.8 Å². The van der Waals surface area contributed by atoms with Gasteiger partial charge in [-0.25, -0.2) is 4.98 Å². The van der Waals surface area contributed by atoms with Crippen LogP contribution in [0.4, 0.5) is 0 Å². The fourth-order valence-electron chi connectivity index (χ4n) is 3.34. The minimum atomic E-state index is -0.0449. The van der Waals surface area contributed by atoms with Crippen LogP contribution in [0.3, 0.4) is 0 Å². The summed E-state index contributed by atoms with van der Waals surface area (Å²) >= 11 is 1.57. The second kappa shape index (κ2) is 7.60. The van der Waals surface area contributed by atoms with Crippen LogP contribution in [0.2, 0.25) is 0 Å².